The van der Waals surface area contributed by atoms with Gasteiger partial charge in [0, 0.05) is 38.2 Å². The summed E-state index contributed by atoms with van der Waals surface area (Å²) in [5, 5.41) is 14.8. The van der Waals surface area contributed by atoms with Crippen molar-refractivity contribution in [3.63, 3.8) is 0 Å². The van der Waals surface area contributed by atoms with Crippen LogP contribution in [0.2, 0.25) is 0 Å². The highest BCUT2D eigenvalue weighted by molar-refractivity contribution is 5.97. The summed E-state index contributed by atoms with van der Waals surface area (Å²) in [6.07, 6.45) is 1.43. The zero-order valence-electron chi connectivity index (χ0n) is 13.0. The number of benzene rings is 1. The van der Waals surface area contributed by atoms with Crippen LogP contribution in [0.15, 0.2) is 36.0 Å². The number of carbonyl (C=O) groups excluding carboxylic acids is 1. The van der Waals surface area contributed by atoms with E-state index in [4.69, 9.17) is 5.26 Å². The monoisotopic (exact) mass is 286 g/mol. The average Bonchev–Trinajstić information content (AvgIpc) is 2.46. The van der Waals surface area contributed by atoms with Crippen LogP contribution in [-0.4, -0.2) is 26.5 Å². The minimum Gasteiger partial charge on any atom is -0.378 e. The summed E-state index contributed by atoms with van der Waals surface area (Å²) >= 11 is 0. The average molecular weight is 286 g/mol. The highest BCUT2D eigenvalue weighted by Crippen LogP contribution is 2.17. The molecule has 0 radical (unpaired) electrons. The second-order valence-electron chi connectivity index (χ2n) is 5.36. The van der Waals surface area contributed by atoms with E-state index in [2.05, 4.69) is 10.6 Å². The van der Waals surface area contributed by atoms with Crippen molar-refractivity contribution >= 4 is 17.3 Å². The Morgan fingerprint density at radius 2 is 2.14 bits per heavy atom. The number of anilines is 2. The van der Waals surface area contributed by atoms with Gasteiger partial charge in [0.1, 0.15) is 11.6 Å². The molecule has 0 aliphatic rings. The molecule has 0 bridgehead atoms. The lowest BCUT2D eigenvalue weighted by Crippen LogP contribution is -2.28. The van der Waals surface area contributed by atoms with Crippen molar-refractivity contribution in [1.29, 1.82) is 5.26 Å². The maximum absolute atomic E-state index is 11.8. The minimum absolute atomic E-state index is 0.0610. The molecule has 0 heterocycles. The topological polar surface area (TPSA) is 68.2 Å². The lowest BCUT2D eigenvalue weighted by atomic mass is 10.2. The molecule has 0 aromatic heterocycles. The maximum atomic E-state index is 11.8. The van der Waals surface area contributed by atoms with E-state index in [0.717, 1.165) is 11.4 Å². The maximum Gasteiger partial charge on any atom is 0.263 e. The normalized spacial score (nSPS) is 11.0. The summed E-state index contributed by atoms with van der Waals surface area (Å²) in [5.41, 5.74) is 1.92. The van der Waals surface area contributed by atoms with Gasteiger partial charge in [0.2, 0.25) is 0 Å². The van der Waals surface area contributed by atoms with E-state index < -0.39 is 0 Å². The lowest BCUT2D eigenvalue weighted by Gasteiger charge is -2.13. The Hall–Kier alpha value is -2.48. The van der Waals surface area contributed by atoms with E-state index in [1.165, 1.54) is 6.20 Å². The number of nitrogens with one attached hydrogen (secondary N) is 2. The highest BCUT2D eigenvalue weighted by Gasteiger charge is 2.08. The molecule has 0 unspecified atom stereocenters. The number of nitrogens with zero attached hydrogens (tertiary/aromatic N) is 2. The van der Waals surface area contributed by atoms with Crippen molar-refractivity contribution in [2.45, 2.75) is 13.8 Å². The molecule has 5 heteroatoms. The third-order valence-electron chi connectivity index (χ3n) is 2.78. The molecule has 0 saturated carbocycles. The van der Waals surface area contributed by atoms with E-state index in [9.17, 15) is 4.79 Å². The Morgan fingerprint density at radius 3 is 2.71 bits per heavy atom. The molecule has 1 aromatic rings. The van der Waals surface area contributed by atoms with Gasteiger partial charge in [-0.1, -0.05) is 19.9 Å². The summed E-state index contributed by atoms with van der Waals surface area (Å²) in [6.45, 7) is 4.55. The largest absolute Gasteiger partial charge is 0.378 e. The van der Waals surface area contributed by atoms with E-state index >= 15 is 0 Å². The fourth-order valence-corrected chi connectivity index (χ4v) is 1.57. The molecule has 21 heavy (non-hydrogen) atoms. The van der Waals surface area contributed by atoms with Crippen LogP contribution in [0.3, 0.4) is 0 Å². The highest BCUT2D eigenvalue weighted by atomic mass is 16.1. The van der Waals surface area contributed by atoms with E-state index in [0.29, 0.717) is 12.5 Å². The van der Waals surface area contributed by atoms with Crippen LogP contribution in [0, 0.1) is 17.2 Å². The second kappa shape index (κ2) is 7.95. The fourth-order valence-electron chi connectivity index (χ4n) is 1.57. The Kier molecular flexibility index (Phi) is 6.28. The number of carbonyl (C=O) groups is 1. The molecule has 0 saturated heterocycles. The summed E-state index contributed by atoms with van der Waals surface area (Å²) in [6, 6.07) is 9.63. The Labute approximate surface area is 126 Å². The van der Waals surface area contributed by atoms with Crippen LogP contribution in [-0.2, 0) is 4.79 Å². The molecule has 5 nitrogen and oxygen atoms in total. The van der Waals surface area contributed by atoms with Gasteiger partial charge in [-0.3, -0.25) is 4.79 Å². The number of rotatable bonds is 6. The molecule has 0 atom stereocenters. The van der Waals surface area contributed by atoms with Crippen LogP contribution in [0.4, 0.5) is 11.4 Å². The predicted molar refractivity (Wildman–Crippen MR) is 85.9 cm³/mol. The molecule has 1 rings (SSSR count). The Morgan fingerprint density at radius 1 is 1.43 bits per heavy atom. The van der Waals surface area contributed by atoms with E-state index in [-0.39, 0.29) is 11.5 Å². The van der Waals surface area contributed by atoms with Gasteiger partial charge in [0.05, 0.1) is 0 Å². The molecule has 1 aromatic carbocycles. The molecule has 0 fully saturated rings. The number of nitriles is 1. The molecular weight excluding hydrogens is 264 g/mol. The van der Waals surface area contributed by atoms with Gasteiger partial charge in [0.25, 0.3) is 5.91 Å². The predicted octanol–water partition coefficient (Wildman–Crippen LogP) is 2.34. The zero-order chi connectivity index (χ0) is 15.8. The van der Waals surface area contributed by atoms with Crippen LogP contribution >= 0.6 is 0 Å². The van der Waals surface area contributed by atoms with Crippen molar-refractivity contribution in [1.82, 2.24) is 5.32 Å². The quantitative estimate of drug-likeness (QED) is 0.622. The van der Waals surface area contributed by atoms with Gasteiger partial charge in [-0.05, 0) is 24.1 Å². The lowest BCUT2D eigenvalue weighted by molar-refractivity contribution is -0.117. The van der Waals surface area contributed by atoms with Crippen molar-refractivity contribution in [2.75, 3.05) is 30.9 Å². The molecule has 0 aliphatic heterocycles. The molecule has 0 spiro atoms. The Bertz CT molecular complexity index is 556. The first-order valence-corrected chi connectivity index (χ1v) is 6.86. The van der Waals surface area contributed by atoms with Crippen LogP contribution in [0.1, 0.15) is 13.8 Å². The summed E-state index contributed by atoms with van der Waals surface area (Å²) in [5.74, 6) is -0.0129. The van der Waals surface area contributed by atoms with Gasteiger partial charge in [-0.25, -0.2) is 0 Å². The molecule has 112 valence electrons. The van der Waals surface area contributed by atoms with Gasteiger partial charge in [-0.15, -0.1) is 0 Å². The molecule has 1 amide bonds. The van der Waals surface area contributed by atoms with Crippen molar-refractivity contribution in [3.05, 3.63) is 36.0 Å². The first-order chi connectivity index (χ1) is 9.93. The minimum atomic E-state index is -0.359. The van der Waals surface area contributed by atoms with Crippen molar-refractivity contribution in [3.8, 4) is 6.07 Å². The van der Waals surface area contributed by atoms with Crippen LogP contribution in [0.5, 0.6) is 0 Å². The zero-order valence-corrected chi connectivity index (χ0v) is 13.0. The second-order valence-corrected chi connectivity index (χ2v) is 5.36. The number of hydrogen-bond donors (Lipinski definition) is 2. The summed E-state index contributed by atoms with van der Waals surface area (Å²) in [7, 11) is 3.91. The van der Waals surface area contributed by atoms with Crippen molar-refractivity contribution in [2.24, 2.45) is 5.92 Å². The number of amides is 1. The first-order valence-electron chi connectivity index (χ1n) is 6.86. The molecule has 2 N–H and O–H groups in total. The third-order valence-corrected chi connectivity index (χ3v) is 2.78. The fraction of sp³-hybridized carbons (Fsp3) is 0.375. The van der Waals surface area contributed by atoms with Crippen LogP contribution < -0.4 is 15.5 Å². The summed E-state index contributed by atoms with van der Waals surface area (Å²) in [4.78, 5) is 13.8. The van der Waals surface area contributed by atoms with Gasteiger partial charge >= 0.3 is 0 Å². The van der Waals surface area contributed by atoms with Crippen molar-refractivity contribution < 1.29 is 4.79 Å². The summed E-state index contributed by atoms with van der Waals surface area (Å²) < 4.78 is 0. The Balaban J connectivity index is 2.74. The molecular formula is C16H22N4O. The van der Waals surface area contributed by atoms with E-state index in [1.807, 2.05) is 63.2 Å². The third kappa shape index (κ3) is 5.57. The number of hydrogen-bond acceptors (Lipinski definition) is 4. The first kappa shape index (κ1) is 16.6. The standard InChI is InChI=1S/C16H22N4O/c1-12(2)10-19-16(21)13(9-17)11-18-14-6-5-7-15(8-14)20(3)4/h5-8,11-12,18H,10H2,1-4H3,(H,19,21)/b13-11-. The SMILES string of the molecule is CC(C)CNC(=O)/C(C#N)=C\Nc1cccc(N(C)C)c1. The van der Waals surface area contributed by atoms with Gasteiger partial charge in [-0.2, -0.15) is 5.26 Å². The molecule has 0 aliphatic carbocycles. The smallest absolute Gasteiger partial charge is 0.263 e. The van der Waals surface area contributed by atoms with Gasteiger partial charge in [0.15, 0.2) is 0 Å². The van der Waals surface area contributed by atoms with E-state index in [1.54, 1.807) is 0 Å². The van der Waals surface area contributed by atoms with Crippen LogP contribution in [0.25, 0.3) is 0 Å². The van der Waals surface area contributed by atoms with Gasteiger partial charge < -0.3 is 15.5 Å².